The third kappa shape index (κ3) is 1.50. The Hall–Kier alpha value is -1.73. The molecule has 3 rings (SSSR count). The summed E-state index contributed by atoms with van der Waals surface area (Å²) in [6.07, 6.45) is 2.39. The minimum Gasteiger partial charge on any atom is -0.388 e. The largest absolute Gasteiger partial charge is 0.388 e. The van der Waals surface area contributed by atoms with Gasteiger partial charge in [0.25, 0.3) is 0 Å². The zero-order valence-electron chi connectivity index (χ0n) is 8.45. The molecule has 0 aliphatic carbocycles. The van der Waals surface area contributed by atoms with Crippen molar-refractivity contribution < 1.29 is 9.84 Å². The van der Waals surface area contributed by atoms with E-state index in [-0.39, 0.29) is 6.10 Å². The van der Waals surface area contributed by atoms with E-state index in [1.54, 1.807) is 10.9 Å². The molecule has 1 aliphatic rings. The number of nitrogen functional groups attached to an aromatic ring is 1. The van der Waals surface area contributed by atoms with Crippen LogP contribution in [0.3, 0.4) is 0 Å². The number of nitrogens with two attached hydrogens (primary N) is 1. The number of hydrogen-bond donors (Lipinski definition) is 2. The number of aliphatic hydroxyl groups excluding tert-OH is 1. The minimum absolute atomic E-state index is 0.0587. The van der Waals surface area contributed by atoms with Gasteiger partial charge in [0.15, 0.2) is 11.5 Å². The van der Waals surface area contributed by atoms with E-state index in [1.165, 1.54) is 6.33 Å². The molecule has 7 nitrogen and oxygen atoms in total. The van der Waals surface area contributed by atoms with Crippen molar-refractivity contribution in [2.75, 3.05) is 12.3 Å². The summed E-state index contributed by atoms with van der Waals surface area (Å²) in [7, 11) is 0. The Labute approximate surface area is 90.9 Å². The van der Waals surface area contributed by atoms with Gasteiger partial charge >= 0.3 is 0 Å². The number of epoxide rings is 1. The van der Waals surface area contributed by atoms with Crippen LogP contribution in [0.2, 0.25) is 0 Å². The Bertz CT molecular complexity index is 522. The smallest absolute Gasteiger partial charge is 0.165 e. The van der Waals surface area contributed by atoms with Crippen LogP contribution >= 0.6 is 0 Å². The number of hydrogen-bond acceptors (Lipinski definition) is 6. The van der Waals surface area contributed by atoms with Gasteiger partial charge < -0.3 is 20.1 Å². The summed E-state index contributed by atoms with van der Waals surface area (Å²) < 4.78 is 6.76. The Kier molecular flexibility index (Phi) is 2.01. The van der Waals surface area contributed by atoms with E-state index in [4.69, 9.17) is 10.5 Å². The summed E-state index contributed by atoms with van der Waals surface area (Å²) in [6.45, 7) is 1.02. The molecule has 7 heteroatoms. The summed E-state index contributed by atoms with van der Waals surface area (Å²) in [6, 6.07) is 0. The fraction of sp³-hybridized carbons (Fsp3) is 0.444. The first-order valence-electron chi connectivity index (χ1n) is 4.96. The van der Waals surface area contributed by atoms with Crippen molar-refractivity contribution >= 4 is 17.0 Å². The van der Waals surface area contributed by atoms with Crippen LogP contribution < -0.4 is 5.73 Å². The lowest BCUT2D eigenvalue weighted by atomic mass is 10.3. The average Bonchev–Trinajstić information content (AvgIpc) is 3.04. The van der Waals surface area contributed by atoms with Gasteiger partial charge in [-0.15, -0.1) is 0 Å². The molecule has 0 aromatic carbocycles. The number of aliphatic hydroxyl groups is 1. The maximum Gasteiger partial charge on any atom is 0.165 e. The second-order valence-corrected chi connectivity index (χ2v) is 3.77. The third-order valence-electron chi connectivity index (χ3n) is 2.60. The third-order valence-corrected chi connectivity index (χ3v) is 2.60. The van der Waals surface area contributed by atoms with Crippen molar-refractivity contribution in [3.63, 3.8) is 0 Å². The number of ether oxygens (including phenoxy) is 1. The van der Waals surface area contributed by atoms with Crippen molar-refractivity contribution in [3.8, 4) is 0 Å². The fourth-order valence-corrected chi connectivity index (χ4v) is 1.63. The zero-order valence-corrected chi connectivity index (χ0v) is 8.45. The van der Waals surface area contributed by atoms with E-state index in [9.17, 15) is 5.11 Å². The van der Waals surface area contributed by atoms with Crippen molar-refractivity contribution in [3.05, 3.63) is 12.7 Å². The van der Waals surface area contributed by atoms with Gasteiger partial charge in [-0.25, -0.2) is 15.0 Å². The molecule has 1 aliphatic heterocycles. The topological polar surface area (TPSA) is 102 Å². The van der Waals surface area contributed by atoms with Crippen LogP contribution in [0.15, 0.2) is 12.7 Å². The van der Waals surface area contributed by atoms with E-state index < -0.39 is 6.10 Å². The highest BCUT2D eigenvalue weighted by atomic mass is 16.6. The molecule has 0 unspecified atom stereocenters. The first-order chi connectivity index (χ1) is 7.75. The van der Waals surface area contributed by atoms with Gasteiger partial charge in [-0.05, 0) is 0 Å². The summed E-state index contributed by atoms with van der Waals surface area (Å²) in [5.41, 5.74) is 6.85. The lowest BCUT2D eigenvalue weighted by molar-refractivity contribution is 0.118. The maximum atomic E-state index is 9.74. The predicted molar refractivity (Wildman–Crippen MR) is 55.5 cm³/mol. The van der Waals surface area contributed by atoms with Crippen molar-refractivity contribution in [2.24, 2.45) is 0 Å². The van der Waals surface area contributed by atoms with Gasteiger partial charge in [0.1, 0.15) is 24.1 Å². The maximum absolute atomic E-state index is 9.74. The molecule has 2 aromatic rings. The SMILES string of the molecule is Nc1ncnc2c1ncn2C[C@H](O)[C@H]1CO1. The van der Waals surface area contributed by atoms with Crippen LogP contribution in [-0.2, 0) is 11.3 Å². The number of nitrogens with zero attached hydrogens (tertiary/aromatic N) is 4. The van der Waals surface area contributed by atoms with E-state index in [0.29, 0.717) is 30.1 Å². The number of anilines is 1. The summed E-state index contributed by atoms with van der Waals surface area (Å²) in [4.78, 5) is 12.1. The molecule has 1 saturated heterocycles. The fourth-order valence-electron chi connectivity index (χ4n) is 1.63. The Morgan fingerprint density at radius 3 is 3.12 bits per heavy atom. The van der Waals surface area contributed by atoms with Crippen molar-refractivity contribution in [1.29, 1.82) is 0 Å². The van der Waals surface area contributed by atoms with Crippen LogP contribution in [0, 0.1) is 0 Å². The van der Waals surface area contributed by atoms with Gasteiger partial charge in [-0.1, -0.05) is 0 Å². The molecule has 2 aromatic heterocycles. The van der Waals surface area contributed by atoms with E-state index in [2.05, 4.69) is 15.0 Å². The van der Waals surface area contributed by atoms with Crippen molar-refractivity contribution in [2.45, 2.75) is 18.8 Å². The minimum atomic E-state index is -0.534. The van der Waals surface area contributed by atoms with Crippen LogP contribution in [0.25, 0.3) is 11.2 Å². The number of fused-ring (bicyclic) bond motifs is 1. The van der Waals surface area contributed by atoms with Crippen LogP contribution in [0.4, 0.5) is 5.82 Å². The Morgan fingerprint density at radius 2 is 2.38 bits per heavy atom. The molecule has 1 fully saturated rings. The molecule has 0 amide bonds. The lowest BCUT2D eigenvalue weighted by Gasteiger charge is -2.08. The normalized spacial score (nSPS) is 21.2. The highest BCUT2D eigenvalue weighted by Gasteiger charge is 2.31. The van der Waals surface area contributed by atoms with Gasteiger partial charge in [0.05, 0.1) is 19.5 Å². The number of rotatable bonds is 3. The standard InChI is InChI=1S/C9H11N5O2/c10-8-7-9(12-3-11-8)14(4-13-7)1-5(15)6-2-16-6/h3-6,15H,1-2H2,(H2,10,11,12)/t5-,6+/m0/s1. The molecule has 16 heavy (non-hydrogen) atoms. The van der Waals surface area contributed by atoms with E-state index in [0.717, 1.165) is 0 Å². The van der Waals surface area contributed by atoms with Crippen LogP contribution in [0.5, 0.6) is 0 Å². The molecule has 3 heterocycles. The molecule has 84 valence electrons. The van der Waals surface area contributed by atoms with E-state index >= 15 is 0 Å². The second kappa shape index (κ2) is 3.39. The first kappa shape index (κ1) is 9.49. The zero-order chi connectivity index (χ0) is 11.1. The Morgan fingerprint density at radius 1 is 1.56 bits per heavy atom. The quantitative estimate of drug-likeness (QED) is 0.656. The van der Waals surface area contributed by atoms with Gasteiger partial charge in [-0.2, -0.15) is 0 Å². The van der Waals surface area contributed by atoms with Crippen molar-refractivity contribution in [1.82, 2.24) is 19.5 Å². The molecular weight excluding hydrogens is 210 g/mol. The molecule has 0 spiro atoms. The monoisotopic (exact) mass is 221 g/mol. The molecule has 3 N–H and O–H groups in total. The van der Waals surface area contributed by atoms with Gasteiger partial charge in [-0.3, -0.25) is 0 Å². The number of aromatic nitrogens is 4. The molecule has 0 radical (unpaired) electrons. The molecule has 2 atom stereocenters. The summed E-state index contributed by atoms with van der Waals surface area (Å²) in [5, 5.41) is 9.74. The molecular formula is C9H11N5O2. The summed E-state index contributed by atoms with van der Waals surface area (Å²) in [5.74, 6) is 0.348. The van der Waals surface area contributed by atoms with Gasteiger partial charge in [0, 0.05) is 0 Å². The Balaban J connectivity index is 1.94. The average molecular weight is 221 g/mol. The first-order valence-corrected chi connectivity index (χ1v) is 4.96. The van der Waals surface area contributed by atoms with Crippen LogP contribution in [-0.4, -0.2) is 43.4 Å². The summed E-state index contributed by atoms with van der Waals surface area (Å²) >= 11 is 0. The highest BCUT2D eigenvalue weighted by molar-refractivity contribution is 5.81. The predicted octanol–water partition coefficient (Wildman–Crippen LogP) is -0.832. The van der Waals surface area contributed by atoms with Crippen LogP contribution in [0.1, 0.15) is 0 Å². The molecule has 0 saturated carbocycles. The van der Waals surface area contributed by atoms with E-state index in [1.807, 2.05) is 0 Å². The number of imidazole rings is 1. The second-order valence-electron chi connectivity index (χ2n) is 3.77. The van der Waals surface area contributed by atoms with Gasteiger partial charge in [0.2, 0.25) is 0 Å². The highest BCUT2D eigenvalue weighted by Crippen LogP contribution is 2.18. The molecule has 0 bridgehead atoms. The lowest BCUT2D eigenvalue weighted by Crippen LogP contribution is -2.21.